The quantitative estimate of drug-likeness (QED) is 0.313. The monoisotopic (exact) mass is 616 g/mol. The van der Waals surface area contributed by atoms with Crippen LogP contribution in [-0.2, 0) is 0 Å². The summed E-state index contributed by atoms with van der Waals surface area (Å²) in [5, 5.41) is 0. The zero-order valence-electron chi connectivity index (χ0n) is 29.1. The fourth-order valence-corrected chi connectivity index (χ4v) is 16.3. The van der Waals surface area contributed by atoms with E-state index in [9.17, 15) is 0 Å². The van der Waals surface area contributed by atoms with E-state index in [1.165, 1.54) is 83.5 Å². The number of likely N-dealkylation sites (tertiary alicyclic amines) is 3. The molecule has 3 nitrogen and oxygen atoms in total. The highest BCUT2D eigenvalue weighted by molar-refractivity contribution is 5.13. The molecule has 14 atom stereocenters. The molecule has 7 aliphatic carbocycles. The van der Waals surface area contributed by atoms with Gasteiger partial charge < -0.3 is 0 Å². The highest BCUT2D eigenvalue weighted by Crippen LogP contribution is 2.58. The first-order valence-corrected chi connectivity index (χ1v) is 21.7. The van der Waals surface area contributed by atoms with Gasteiger partial charge in [0, 0.05) is 54.4 Å². The lowest BCUT2D eigenvalue weighted by molar-refractivity contribution is 0.0185. The Morgan fingerprint density at radius 1 is 0.222 bits per heavy atom. The summed E-state index contributed by atoms with van der Waals surface area (Å²) in [5.74, 6) is 6.29. The van der Waals surface area contributed by atoms with Crippen molar-refractivity contribution in [2.75, 3.05) is 0 Å². The number of rotatable bonds is 3. The van der Waals surface area contributed by atoms with Crippen LogP contribution < -0.4 is 0 Å². The Kier molecular flexibility index (Phi) is 8.16. The number of fused-ring (bicyclic) bond motifs is 9. The third kappa shape index (κ3) is 4.86. The molecular formula is C42H69N3. The smallest absolute Gasteiger partial charge is 0.0134 e. The highest BCUT2D eigenvalue weighted by Gasteiger charge is 2.60. The molecule has 10 aliphatic rings. The summed E-state index contributed by atoms with van der Waals surface area (Å²) in [4.78, 5) is 10.00. The molecule has 14 unspecified atom stereocenters. The van der Waals surface area contributed by atoms with Gasteiger partial charge in [0.15, 0.2) is 0 Å². The fourth-order valence-electron chi connectivity index (χ4n) is 16.3. The summed E-state index contributed by atoms with van der Waals surface area (Å²) >= 11 is 0. The van der Waals surface area contributed by atoms with Crippen molar-refractivity contribution in [3.63, 3.8) is 0 Å². The van der Waals surface area contributed by atoms with Crippen molar-refractivity contribution in [1.82, 2.24) is 14.7 Å². The van der Waals surface area contributed by atoms with Crippen molar-refractivity contribution in [1.29, 1.82) is 0 Å². The van der Waals surface area contributed by atoms with Crippen LogP contribution in [0.15, 0.2) is 0 Å². The molecule has 0 aromatic rings. The van der Waals surface area contributed by atoms with Gasteiger partial charge in [0.25, 0.3) is 0 Å². The minimum Gasteiger partial charge on any atom is -0.294 e. The standard InChI is InChI=1S/C42H69N3/c1-2-12-28(13-3-1)43-41-24-22-29(44-37-18-8-4-14-31(37)32-15-5-9-19-38(32)44)26-35(41)36-27-30(23-25-42(36)43)45-39-20-10-6-16-33(39)34-17-7-11-21-40(34)45/h28-42H,1-27H2. The van der Waals surface area contributed by atoms with Gasteiger partial charge >= 0.3 is 0 Å². The first-order chi connectivity index (χ1) is 22.3. The lowest BCUT2D eigenvalue weighted by Crippen LogP contribution is -2.53. The number of hydrogen-bond donors (Lipinski definition) is 0. The van der Waals surface area contributed by atoms with Crippen LogP contribution in [0.3, 0.4) is 0 Å². The molecule has 0 spiro atoms. The highest BCUT2D eigenvalue weighted by atomic mass is 15.3. The maximum Gasteiger partial charge on any atom is 0.0134 e. The largest absolute Gasteiger partial charge is 0.294 e. The van der Waals surface area contributed by atoms with Crippen molar-refractivity contribution in [3.8, 4) is 0 Å². The Bertz CT molecular complexity index is 921. The van der Waals surface area contributed by atoms with E-state index in [1.54, 1.807) is 89.9 Å². The van der Waals surface area contributed by atoms with Crippen molar-refractivity contribution in [2.45, 2.75) is 228 Å². The van der Waals surface area contributed by atoms with Crippen LogP contribution in [0.5, 0.6) is 0 Å². The summed E-state index contributed by atoms with van der Waals surface area (Å²) in [6.07, 6.45) is 41.7. The van der Waals surface area contributed by atoms with Gasteiger partial charge in [0.1, 0.15) is 0 Å². The summed E-state index contributed by atoms with van der Waals surface area (Å²) in [5.41, 5.74) is 0. The van der Waals surface area contributed by atoms with E-state index < -0.39 is 0 Å². The van der Waals surface area contributed by atoms with Crippen molar-refractivity contribution >= 4 is 0 Å². The third-order valence-electron chi connectivity index (χ3n) is 17.6. The maximum atomic E-state index is 3.34. The minimum absolute atomic E-state index is 0.925. The second-order valence-electron chi connectivity index (χ2n) is 19.1. The molecule has 0 bridgehead atoms. The molecule has 0 radical (unpaired) electrons. The molecule has 252 valence electrons. The van der Waals surface area contributed by atoms with Crippen LogP contribution in [0, 0.1) is 35.5 Å². The molecule has 10 rings (SSSR count). The van der Waals surface area contributed by atoms with E-state index in [0.717, 1.165) is 89.9 Å². The second-order valence-corrected chi connectivity index (χ2v) is 19.1. The Labute approximate surface area is 277 Å². The predicted molar refractivity (Wildman–Crippen MR) is 185 cm³/mol. The predicted octanol–water partition coefficient (Wildman–Crippen LogP) is 9.58. The molecule has 10 fully saturated rings. The first-order valence-electron chi connectivity index (χ1n) is 21.7. The van der Waals surface area contributed by atoms with E-state index in [4.69, 9.17) is 0 Å². The summed E-state index contributed by atoms with van der Waals surface area (Å²) in [7, 11) is 0. The van der Waals surface area contributed by atoms with Crippen LogP contribution in [0.4, 0.5) is 0 Å². The van der Waals surface area contributed by atoms with Gasteiger partial charge in [-0.15, -0.1) is 0 Å². The molecular weight excluding hydrogens is 546 g/mol. The van der Waals surface area contributed by atoms with E-state index >= 15 is 0 Å². The molecule has 0 aromatic carbocycles. The zero-order chi connectivity index (χ0) is 29.5. The summed E-state index contributed by atoms with van der Waals surface area (Å²) < 4.78 is 0. The molecule has 45 heavy (non-hydrogen) atoms. The van der Waals surface area contributed by atoms with Crippen LogP contribution >= 0.6 is 0 Å². The van der Waals surface area contributed by atoms with Gasteiger partial charge in [-0.1, -0.05) is 70.6 Å². The van der Waals surface area contributed by atoms with Gasteiger partial charge in [0.2, 0.25) is 0 Å². The molecule has 3 heteroatoms. The second kappa shape index (κ2) is 12.3. The Hall–Kier alpha value is -0.120. The van der Waals surface area contributed by atoms with Gasteiger partial charge in [-0.3, -0.25) is 14.7 Å². The lowest BCUT2D eigenvalue weighted by Gasteiger charge is -2.47. The maximum absolute atomic E-state index is 3.34. The third-order valence-corrected chi connectivity index (χ3v) is 17.6. The molecule has 7 saturated carbocycles. The fraction of sp³-hybridized carbons (Fsp3) is 1.00. The van der Waals surface area contributed by atoms with Crippen LogP contribution in [-0.4, -0.2) is 69.1 Å². The molecule has 3 heterocycles. The van der Waals surface area contributed by atoms with E-state index in [2.05, 4.69) is 14.7 Å². The average Bonchev–Trinajstić information content (AvgIpc) is 3.74. The van der Waals surface area contributed by atoms with Crippen LogP contribution in [0.25, 0.3) is 0 Å². The SMILES string of the molecule is C1CCC(N2C3CCC(N4C5CCCCC5C5CCCCC54)CC3C3CC(N4C5CCCCC5C5CCCCC54)CCC32)CC1. The topological polar surface area (TPSA) is 9.72 Å². The number of nitrogens with zero attached hydrogens (tertiary/aromatic N) is 3. The van der Waals surface area contributed by atoms with Gasteiger partial charge in [-0.25, -0.2) is 0 Å². The molecule has 0 N–H and O–H groups in total. The van der Waals surface area contributed by atoms with Crippen molar-refractivity contribution in [3.05, 3.63) is 0 Å². The molecule has 3 aliphatic heterocycles. The Morgan fingerprint density at radius 3 is 0.933 bits per heavy atom. The minimum atomic E-state index is 0.925. The van der Waals surface area contributed by atoms with Crippen molar-refractivity contribution < 1.29 is 0 Å². The van der Waals surface area contributed by atoms with Gasteiger partial charge in [-0.2, -0.15) is 0 Å². The average molecular weight is 616 g/mol. The lowest BCUT2D eigenvalue weighted by atomic mass is 9.70. The number of hydrogen-bond acceptors (Lipinski definition) is 3. The van der Waals surface area contributed by atoms with E-state index in [0.29, 0.717) is 0 Å². The Morgan fingerprint density at radius 2 is 0.533 bits per heavy atom. The van der Waals surface area contributed by atoms with Crippen LogP contribution in [0.1, 0.15) is 173 Å². The molecule has 0 aromatic heterocycles. The van der Waals surface area contributed by atoms with Gasteiger partial charge in [-0.05, 0) is 138 Å². The molecule has 3 saturated heterocycles. The zero-order valence-corrected chi connectivity index (χ0v) is 29.1. The first kappa shape index (κ1) is 29.8. The summed E-state index contributed by atoms with van der Waals surface area (Å²) in [6, 6.07) is 8.53. The van der Waals surface area contributed by atoms with Crippen LogP contribution in [0.2, 0.25) is 0 Å². The van der Waals surface area contributed by atoms with E-state index in [1.807, 2.05) is 0 Å². The molecule has 0 amide bonds. The van der Waals surface area contributed by atoms with E-state index in [-0.39, 0.29) is 0 Å². The Balaban J connectivity index is 0.941. The summed E-state index contributed by atoms with van der Waals surface area (Å²) in [6.45, 7) is 0. The van der Waals surface area contributed by atoms with Gasteiger partial charge in [0.05, 0.1) is 0 Å². The normalized spacial score (nSPS) is 52.8. The van der Waals surface area contributed by atoms with Crippen molar-refractivity contribution in [2.24, 2.45) is 35.5 Å².